The van der Waals surface area contributed by atoms with Gasteiger partial charge in [-0.15, -0.1) is 0 Å². The molecule has 8 heteroatoms. The van der Waals surface area contributed by atoms with Crippen molar-refractivity contribution in [3.63, 3.8) is 0 Å². The number of aliphatic carboxylic acids is 1. The van der Waals surface area contributed by atoms with Gasteiger partial charge in [0.2, 0.25) is 0 Å². The van der Waals surface area contributed by atoms with Gasteiger partial charge >= 0.3 is 5.97 Å². The first kappa shape index (κ1) is 22.8. The molecule has 0 bridgehead atoms. The van der Waals surface area contributed by atoms with Crippen LogP contribution >= 0.6 is 24.0 Å². The monoisotopic (exact) mass is 457 g/mol. The molecular formula is C23H23NO5S2. The van der Waals surface area contributed by atoms with Crippen LogP contribution in [0.1, 0.15) is 30.0 Å². The standard InChI is InChI=1S/C23H23NO5S2/c1-4-28-19-12-16(8-9-18(19)29-11-10-21(25)26)13-20-22(27)24(23(30)31-20)17-7-5-6-14(2)15(17)3/h5-9,12-13H,4,10-11H2,1-3H3,(H,25,26)/b20-13+. The quantitative estimate of drug-likeness (QED) is 0.443. The fourth-order valence-electron chi connectivity index (χ4n) is 3.05. The van der Waals surface area contributed by atoms with E-state index in [-0.39, 0.29) is 18.9 Å². The van der Waals surface area contributed by atoms with Gasteiger partial charge in [0, 0.05) is 0 Å². The lowest BCUT2D eigenvalue weighted by Gasteiger charge is -2.18. The number of aryl methyl sites for hydroxylation is 1. The van der Waals surface area contributed by atoms with E-state index in [9.17, 15) is 9.59 Å². The van der Waals surface area contributed by atoms with Crippen molar-refractivity contribution < 1.29 is 24.2 Å². The predicted molar refractivity (Wildman–Crippen MR) is 127 cm³/mol. The van der Waals surface area contributed by atoms with Gasteiger partial charge in [-0.1, -0.05) is 42.2 Å². The van der Waals surface area contributed by atoms with E-state index < -0.39 is 5.97 Å². The summed E-state index contributed by atoms with van der Waals surface area (Å²) in [6, 6.07) is 11.1. The number of carboxylic acids is 1. The molecule has 0 aliphatic carbocycles. The molecule has 2 aromatic carbocycles. The molecule has 0 unspecified atom stereocenters. The summed E-state index contributed by atoms with van der Waals surface area (Å²) in [6.45, 7) is 6.30. The first-order valence-corrected chi connectivity index (χ1v) is 11.0. The van der Waals surface area contributed by atoms with E-state index in [0.29, 0.717) is 27.3 Å². The van der Waals surface area contributed by atoms with Crippen LogP contribution < -0.4 is 14.4 Å². The molecule has 1 amide bonds. The highest BCUT2D eigenvalue weighted by molar-refractivity contribution is 8.27. The molecule has 0 aromatic heterocycles. The van der Waals surface area contributed by atoms with Crippen molar-refractivity contribution >= 4 is 51.9 Å². The van der Waals surface area contributed by atoms with Crippen LogP contribution in [0.2, 0.25) is 0 Å². The number of thioether (sulfide) groups is 1. The Morgan fingerprint density at radius 2 is 1.97 bits per heavy atom. The number of rotatable bonds is 8. The molecule has 1 heterocycles. The molecule has 3 rings (SSSR count). The number of carbonyl (C=O) groups is 2. The van der Waals surface area contributed by atoms with E-state index in [1.807, 2.05) is 39.0 Å². The van der Waals surface area contributed by atoms with Crippen LogP contribution in [-0.2, 0) is 9.59 Å². The third kappa shape index (κ3) is 5.26. The Bertz CT molecular complexity index is 1060. The van der Waals surface area contributed by atoms with Crippen LogP contribution in [0.25, 0.3) is 6.08 Å². The van der Waals surface area contributed by atoms with Crippen LogP contribution in [0.5, 0.6) is 11.5 Å². The zero-order chi connectivity index (χ0) is 22.5. The minimum Gasteiger partial charge on any atom is -0.490 e. The molecule has 1 aliphatic heterocycles. The fraction of sp³-hybridized carbons (Fsp3) is 0.261. The SMILES string of the molecule is CCOc1cc(/C=C2/SC(=S)N(c3cccc(C)c3C)C2=O)ccc1OCCC(=O)O. The molecule has 1 saturated heterocycles. The Labute approximate surface area is 190 Å². The van der Waals surface area contributed by atoms with Crippen molar-refractivity contribution in [2.75, 3.05) is 18.1 Å². The van der Waals surface area contributed by atoms with Gasteiger partial charge in [0.25, 0.3) is 5.91 Å². The molecule has 0 radical (unpaired) electrons. The molecule has 0 spiro atoms. The van der Waals surface area contributed by atoms with Crippen molar-refractivity contribution in [3.8, 4) is 11.5 Å². The van der Waals surface area contributed by atoms with Crippen LogP contribution in [-0.4, -0.2) is 34.5 Å². The number of thiocarbonyl (C=S) groups is 1. The molecule has 0 atom stereocenters. The summed E-state index contributed by atoms with van der Waals surface area (Å²) in [6.07, 6.45) is 1.67. The number of carboxylic acid groups (broad SMARTS) is 1. The lowest BCUT2D eigenvalue weighted by atomic mass is 10.1. The Morgan fingerprint density at radius 3 is 2.68 bits per heavy atom. The average Bonchev–Trinajstić information content (AvgIpc) is 2.99. The maximum Gasteiger partial charge on any atom is 0.306 e. The Kier molecular flexibility index (Phi) is 7.35. The molecule has 31 heavy (non-hydrogen) atoms. The van der Waals surface area contributed by atoms with Crippen molar-refractivity contribution in [1.29, 1.82) is 0 Å². The van der Waals surface area contributed by atoms with E-state index in [0.717, 1.165) is 22.4 Å². The van der Waals surface area contributed by atoms with Crippen molar-refractivity contribution in [2.24, 2.45) is 0 Å². The number of hydrogen-bond acceptors (Lipinski definition) is 6. The molecule has 162 valence electrons. The van der Waals surface area contributed by atoms with Crippen LogP contribution in [0.3, 0.4) is 0 Å². The van der Waals surface area contributed by atoms with Crippen LogP contribution in [0, 0.1) is 13.8 Å². The number of anilines is 1. The number of benzene rings is 2. The van der Waals surface area contributed by atoms with Gasteiger partial charge in [-0.05, 0) is 61.7 Å². The third-order valence-electron chi connectivity index (χ3n) is 4.75. The zero-order valence-corrected chi connectivity index (χ0v) is 19.1. The highest BCUT2D eigenvalue weighted by Crippen LogP contribution is 2.38. The highest BCUT2D eigenvalue weighted by atomic mass is 32.2. The van der Waals surface area contributed by atoms with E-state index >= 15 is 0 Å². The molecule has 2 aromatic rings. The van der Waals surface area contributed by atoms with Crippen LogP contribution in [0.15, 0.2) is 41.3 Å². The van der Waals surface area contributed by atoms with Crippen LogP contribution in [0.4, 0.5) is 5.69 Å². The van der Waals surface area contributed by atoms with Gasteiger partial charge in [0.05, 0.1) is 30.2 Å². The molecule has 0 saturated carbocycles. The fourth-order valence-corrected chi connectivity index (χ4v) is 4.34. The molecule has 6 nitrogen and oxygen atoms in total. The van der Waals surface area contributed by atoms with Gasteiger partial charge < -0.3 is 14.6 Å². The van der Waals surface area contributed by atoms with E-state index in [1.165, 1.54) is 11.8 Å². The van der Waals surface area contributed by atoms with E-state index in [4.69, 9.17) is 26.8 Å². The number of ether oxygens (including phenoxy) is 2. The number of carbonyl (C=O) groups excluding carboxylic acids is 1. The summed E-state index contributed by atoms with van der Waals surface area (Å²) >= 11 is 6.75. The second-order valence-electron chi connectivity index (χ2n) is 6.87. The molecule has 1 aliphatic rings. The Morgan fingerprint density at radius 1 is 1.19 bits per heavy atom. The van der Waals surface area contributed by atoms with E-state index in [1.54, 1.807) is 29.2 Å². The summed E-state index contributed by atoms with van der Waals surface area (Å²) in [5.41, 5.74) is 3.66. The van der Waals surface area contributed by atoms with E-state index in [2.05, 4.69) is 0 Å². The van der Waals surface area contributed by atoms with Gasteiger partial charge in [-0.25, -0.2) is 0 Å². The minimum atomic E-state index is -0.930. The second-order valence-corrected chi connectivity index (χ2v) is 8.54. The average molecular weight is 458 g/mol. The largest absolute Gasteiger partial charge is 0.490 e. The summed E-state index contributed by atoms with van der Waals surface area (Å²) in [5.74, 6) is -0.140. The van der Waals surface area contributed by atoms with Gasteiger partial charge in [0.15, 0.2) is 15.8 Å². The number of amides is 1. The number of hydrogen-bond donors (Lipinski definition) is 1. The first-order chi connectivity index (χ1) is 14.8. The van der Waals surface area contributed by atoms with Crippen molar-refractivity contribution in [3.05, 3.63) is 58.0 Å². The maximum atomic E-state index is 13.1. The minimum absolute atomic E-state index is 0.0449. The van der Waals surface area contributed by atoms with Crippen molar-refractivity contribution in [2.45, 2.75) is 27.2 Å². The third-order valence-corrected chi connectivity index (χ3v) is 6.05. The van der Waals surface area contributed by atoms with Gasteiger partial charge in [0.1, 0.15) is 0 Å². The summed E-state index contributed by atoms with van der Waals surface area (Å²) in [4.78, 5) is 25.9. The Balaban J connectivity index is 1.86. The van der Waals surface area contributed by atoms with Gasteiger partial charge in [-0.2, -0.15) is 0 Å². The lowest BCUT2D eigenvalue weighted by molar-refractivity contribution is -0.137. The molecule has 1 N–H and O–H groups in total. The number of nitrogens with zero attached hydrogens (tertiary/aromatic N) is 1. The highest BCUT2D eigenvalue weighted by Gasteiger charge is 2.34. The van der Waals surface area contributed by atoms with Crippen molar-refractivity contribution in [1.82, 2.24) is 0 Å². The lowest BCUT2D eigenvalue weighted by Crippen LogP contribution is -2.28. The molecular weight excluding hydrogens is 434 g/mol. The smallest absolute Gasteiger partial charge is 0.306 e. The zero-order valence-electron chi connectivity index (χ0n) is 17.5. The summed E-state index contributed by atoms with van der Waals surface area (Å²) in [5, 5.41) is 8.78. The predicted octanol–water partition coefficient (Wildman–Crippen LogP) is 4.96. The van der Waals surface area contributed by atoms with Gasteiger partial charge in [-0.3, -0.25) is 14.5 Å². The molecule has 1 fully saturated rings. The topological polar surface area (TPSA) is 76.1 Å². The summed E-state index contributed by atoms with van der Waals surface area (Å²) < 4.78 is 11.7. The second kappa shape index (κ2) is 9.98. The first-order valence-electron chi connectivity index (χ1n) is 9.77. The maximum absolute atomic E-state index is 13.1. The normalized spacial score (nSPS) is 14.9. The Hall–Kier alpha value is -2.84. The summed E-state index contributed by atoms with van der Waals surface area (Å²) in [7, 11) is 0.